The standard InChI is InChI=1S/C11H16F5NO2Si/c1-5-18-7-6-9(8-17,19-20(2,3)4)10(12,13)11(14,15)16/h6-7H,5H2,1-4H3/b7-6+. The maximum absolute atomic E-state index is 13.7. The van der Waals surface area contributed by atoms with Gasteiger partial charge in [0, 0.05) is 6.08 Å². The van der Waals surface area contributed by atoms with Crippen molar-refractivity contribution in [2.45, 2.75) is 44.3 Å². The topological polar surface area (TPSA) is 42.2 Å². The Bertz CT molecular complexity index is 397. The molecule has 0 aromatic carbocycles. The minimum atomic E-state index is -5.92. The molecule has 0 saturated carbocycles. The third-order valence-corrected chi connectivity index (χ3v) is 2.96. The molecule has 0 aliphatic carbocycles. The fourth-order valence-electron chi connectivity index (χ4n) is 1.27. The van der Waals surface area contributed by atoms with Gasteiger partial charge in [0.1, 0.15) is 6.07 Å². The lowest BCUT2D eigenvalue weighted by Gasteiger charge is -2.37. The Morgan fingerprint density at radius 3 is 1.95 bits per heavy atom. The third-order valence-electron chi connectivity index (χ3n) is 2.02. The number of nitriles is 1. The largest absolute Gasteiger partial charge is 0.502 e. The highest BCUT2D eigenvalue weighted by Gasteiger charge is 2.71. The average molecular weight is 317 g/mol. The van der Waals surface area contributed by atoms with E-state index in [1.54, 1.807) is 0 Å². The number of rotatable bonds is 6. The van der Waals surface area contributed by atoms with Crippen LogP contribution >= 0.6 is 0 Å². The Balaban J connectivity index is 5.85. The van der Waals surface area contributed by atoms with Gasteiger partial charge >= 0.3 is 12.1 Å². The molecule has 1 unspecified atom stereocenters. The fourth-order valence-corrected chi connectivity index (χ4v) is 2.47. The first-order valence-corrected chi connectivity index (χ1v) is 9.09. The van der Waals surface area contributed by atoms with E-state index in [9.17, 15) is 22.0 Å². The maximum Gasteiger partial charge on any atom is 0.457 e. The van der Waals surface area contributed by atoms with Crippen LogP contribution in [-0.4, -0.2) is 32.6 Å². The fraction of sp³-hybridized carbons (Fsp3) is 0.727. The van der Waals surface area contributed by atoms with Crippen molar-refractivity contribution in [1.82, 2.24) is 0 Å². The second-order valence-electron chi connectivity index (χ2n) is 4.89. The lowest BCUT2D eigenvalue weighted by molar-refractivity contribution is -0.317. The first-order chi connectivity index (χ1) is 8.83. The van der Waals surface area contributed by atoms with Crippen LogP contribution in [0.3, 0.4) is 0 Å². The number of hydrogen-bond donors (Lipinski definition) is 0. The minimum absolute atomic E-state index is 0.0581. The van der Waals surface area contributed by atoms with Crippen LogP contribution < -0.4 is 0 Å². The van der Waals surface area contributed by atoms with Gasteiger partial charge in [-0.25, -0.2) is 0 Å². The van der Waals surface area contributed by atoms with Gasteiger partial charge in [0.15, 0.2) is 8.32 Å². The summed E-state index contributed by atoms with van der Waals surface area (Å²) in [6.45, 7) is 5.78. The molecule has 0 radical (unpaired) electrons. The van der Waals surface area contributed by atoms with E-state index in [4.69, 9.17) is 9.69 Å². The van der Waals surface area contributed by atoms with Crippen molar-refractivity contribution in [2.24, 2.45) is 0 Å². The number of nitrogens with zero attached hydrogens (tertiary/aromatic N) is 1. The Kier molecular flexibility index (Phi) is 5.75. The molecule has 20 heavy (non-hydrogen) atoms. The summed E-state index contributed by atoms with van der Waals surface area (Å²) in [6, 6.07) is 0.954. The zero-order chi connectivity index (χ0) is 16.2. The van der Waals surface area contributed by atoms with E-state index >= 15 is 0 Å². The molecule has 0 rings (SSSR count). The van der Waals surface area contributed by atoms with Crippen molar-refractivity contribution in [3.63, 3.8) is 0 Å². The van der Waals surface area contributed by atoms with E-state index in [1.807, 2.05) is 0 Å². The molecule has 116 valence electrons. The van der Waals surface area contributed by atoms with Gasteiger partial charge in [-0.1, -0.05) is 0 Å². The van der Waals surface area contributed by atoms with Gasteiger partial charge < -0.3 is 9.16 Å². The Hall–Kier alpha value is -1.14. The summed E-state index contributed by atoms with van der Waals surface area (Å²) < 4.78 is 74.5. The van der Waals surface area contributed by atoms with Crippen molar-refractivity contribution in [3.05, 3.63) is 12.3 Å². The normalized spacial score (nSPS) is 16.8. The highest BCUT2D eigenvalue weighted by Crippen LogP contribution is 2.46. The molecular formula is C11H16F5NO2Si. The Morgan fingerprint density at radius 2 is 1.65 bits per heavy atom. The molecule has 1 atom stereocenters. The van der Waals surface area contributed by atoms with Crippen molar-refractivity contribution in [1.29, 1.82) is 5.26 Å². The molecule has 0 amide bonds. The predicted octanol–water partition coefficient (Wildman–Crippen LogP) is 3.85. The molecule has 0 bridgehead atoms. The maximum atomic E-state index is 13.7. The lowest BCUT2D eigenvalue weighted by atomic mass is 9.97. The minimum Gasteiger partial charge on any atom is -0.502 e. The number of ether oxygens (including phenoxy) is 1. The predicted molar refractivity (Wildman–Crippen MR) is 64.5 cm³/mol. The summed E-state index contributed by atoms with van der Waals surface area (Å²) in [5.41, 5.74) is -3.44. The van der Waals surface area contributed by atoms with Gasteiger partial charge in [-0.2, -0.15) is 27.2 Å². The Labute approximate surface area is 115 Å². The molecule has 0 N–H and O–H groups in total. The number of alkyl halides is 5. The van der Waals surface area contributed by atoms with Gasteiger partial charge in [0.25, 0.3) is 0 Å². The molecule has 3 nitrogen and oxygen atoms in total. The molecule has 0 spiro atoms. The number of hydrogen-bond acceptors (Lipinski definition) is 3. The third kappa shape index (κ3) is 4.18. The molecule has 0 saturated heterocycles. The first kappa shape index (κ1) is 18.9. The average Bonchev–Trinajstić information content (AvgIpc) is 2.24. The number of halogens is 5. The first-order valence-electron chi connectivity index (χ1n) is 5.68. The van der Waals surface area contributed by atoms with Gasteiger partial charge in [-0.3, -0.25) is 0 Å². The van der Waals surface area contributed by atoms with Crippen molar-refractivity contribution >= 4 is 8.32 Å². The molecule has 0 heterocycles. The van der Waals surface area contributed by atoms with Crippen LogP contribution in [-0.2, 0) is 9.16 Å². The van der Waals surface area contributed by atoms with E-state index in [0.29, 0.717) is 12.3 Å². The molecule has 0 aromatic heterocycles. The van der Waals surface area contributed by atoms with Crippen LogP contribution in [0.2, 0.25) is 19.6 Å². The van der Waals surface area contributed by atoms with Crippen LogP contribution in [0.5, 0.6) is 0 Å². The summed E-state index contributed by atoms with van der Waals surface area (Å²) in [5.74, 6) is -5.36. The monoisotopic (exact) mass is 317 g/mol. The second kappa shape index (κ2) is 6.09. The van der Waals surface area contributed by atoms with E-state index < -0.39 is 26.0 Å². The van der Waals surface area contributed by atoms with Crippen LogP contribution in [0.15, 0.2) is 12.3 Å². The SMILES string of the molecule is CCO/C=C/C(C#N)(O[Si](C)(C)C)C(F)(F)C(F)(F)F. The van der Waals surface area contributed by atoms with E-state index in [2.05, 4.69) is 4.74 Å². The molecule has 0 fully saturated rings. The molecular weight excluding hydrogens is 301 g/mol. The summed E-state index contributed by atoms with van der Waals surface area (Å²) >= 11 is 0. The smallest absolute Gasteiger partial charge is 0.457 e. The molecule has 0 aliphatic heterocycles. The Morgan fingerprint density at radius 1 is 1.15 bits per heavy atom. The van der Waals surface area contributed by atoms with Crippen LogP contribution in [0.1, 0.15) is 6.92 Å². The summed E-state index contributed by atoms with van der Waals surface area (Å²) in [4.78, 5) is 0. The molecule has 0 aromatic rings. The highest BCUT2D eigenvalue weighted by molar-refractivity contribution is 6.69. The van der Waals surface area contributed by atoms with E-state index in [-0.39, 0.29) is 6.61 Å². The quantitative estimate of drug-likeness (QED) is 0.424. The zero-order valence-corrected chi connectivity index (χ0v) is 12.5. The van der Waals surface area contributed by atoms with E-state index in [1.165, 1.54) is 26.6 Å². The summed E-state index contributed by atoms with van der Waals surface area (Å²) in [6.07, 6.45) is -4.97. The van der Waals surface area contributed by atoms with Crippen LogP contribution in [0, 0.1) is 11.3 Å². The second-order valence-corrected chi connectivity index (χ2v) is 9.32. The van der Waals surface area contributed by atoms with Gasteiger partial charge in [-0.15, -0.1) is 0 Å². The molecule has 0 aliphatic rings. The van der Waals surface area contributed by atoms with Crippen LogP contribution in [0.25, 0.3) is 0 Å². The van der Waals surface area contributed by atoms with E-state index in [0.717, 1.165) is 6.07 Å². The molecule has 9 heteroatoms. The van der Waals surface area contributed by atoms with Crippen molar-refractivity contribution < 1.29 is 31.1 Å². The zero-order valence-electron chi connectivity index (χ0n) is 11.5. The lowest BCUT2D eigenvalue weighted by Crippen LogP contribution is -2.59. The van der Waals surface area contributed by atoms with Crippen molar-refractivity contribution in [2.75, 3.05) is 6.61 Å². The highest BCUT2D eigenvalue weighted by atomic mass is 28.4. The van der Waals surface area contributed by atoms with Gasteiger partial charge in [-0.05, 0) is 26.6 Å². The van der Waals surface area contributed by atoms with Crippen molar-refractivity contribution in [3.8, 4) is 6.07 Å². The summed E-state index contributed by atoms with van der Waals surface area (Å²) in [5, 5.41) is 8.90. The summed E-state index contributed by atoms with van der Waals surface area (Å²) in [7, 11) is -2.87. The van der Waals surface area contributed by atoms with Gasteiger partial charge in [0.2, 0.25) is 5.60 Å². The van der Waals surface area contributed by atoms with Crippen LogP contribution in [0.4, 0.5) is 22.0 Å². The van der Waals surface area contributed by atoms with Gasteiger partial charge in [0.05, 0.1) is 12.9 Å².